The lowest BCUT2D eigenvalue weighted by Gasteiger charge is -2.10. The largest absolute Gasteiger partial charge is 0.485 e. The topological polar surface area (TPSA) is 61.3 Å². The summed E-state index contributed by atoms with van der Waals surface area (Å²) in [6, 6.07) is 7.25. The van der Waals surface area contributed by atoms with E-state index in [0.717, 1.165) is 17.7 Å². The standard InChI is InChI=1S/C12H13ClN2O2/c13-10-1-2-12(9(7-10)3-5-14)16-8-11-4-6-15-17-11/h1-2,4,6-7H,3,5,8,14H2. The quantitative estimate of drug-likeness (QED) is 0.888. The predicted molar refractivity (Wildman–Crippen MR) is 65.0 cm³/mol. The molecule has 90 valence electrons. The first-order valence-corrected chi connectivity index (χ1v) is 5.68. The minimum Gasteiger partial charge on any atom is -0.485 e. The van der Waals surface area contributed by atoms with Crippen LogP contribution < -0.4 is 10.5 Å². The lowest BCUT2D eigenvalue weighted by molar-refractivity contribution is 0.247. The van der Waals surface area contributed by atoms with Gasteiger partial charge in [-0.05, 0) is 36.7 Å². The summed E-state index contributed by atoms with van der Waals surface area (Å²) in [6.07, 6.45) is 2.31. The van der Waals surface area contributed by atoms with Crippen LogP contribution in [-0.2, 0) is 13.0 Å². The second-order valence-corrected chi connectivity index (χ2v) is 3.99. The summed E-state index contributed by atoms with van der Waals surface area (Å²) in [4.78, 5) is 0. The Kier molecular flexibility index (Phi) is 4.01. The van der Waals surface area contributed by atoms with E-state index in [1.54, 1.807) is 18.3 Å². The van der Waals surface area contributed by atoms with Gasteiger partial charge in [-0.25, -0.2) is 0 Å². The average molecular weight is 253 g/mol. The maximum Gasteiger partial charge on any atom is 0.174 e. The second kappa shape index (κ2) is 5.70. The van der Waals surface area contributed by atoms with Crippen molar-refractivity contribution in [3.05, 3.63) is 46.8 Å². The number of benzene rings is 1. The van der Waals surface area contributed by atoms with E-state index >= 15 is 0 Å². The summed E-state index contributed by atoms with van der Waals surface area (Å²) in [5.74, 6) is 1.45. The first-order valence-electron chi connectivity index (χ1n) is 5.30. The maximum atomic E-state index is 5.93. The van der Waals surface area contributed by atoms with Gasteiger partial charge >= 0.3 is 0 Å². The first kappa shape index (κ1) is 12.0. The molecule has 0 radical (unpaired) electrons. The van der Waals surface area contributed by atoms with E-state index < -0.39 is 0 Å². The number of aromatic nitrogens is 1. The molecule has 2 rings (SSSR count). The molecule has 1 aromatic heterocycles. The summed E-state index contributed by atoms with van der Waals surface area (Å²) in [5, 5.41) is 4.29. The number of ether oxygens (including phenoxy) is 1. The molecule has 0 saturated carbocycles. The summed E-state index contributed by atoms with van der Waals surface area (Å²) < 4.78 is 10.6. The molecule has 17 heavy (non-hydrogen) atoms. The van der Waals surface area contributed by atoms with Crippen LogP contribution in [0.15, 0.2) is 35.0 Å². The Bertz CT molecular complexity index is 471. The Hall–Kier alpha value is -1.52. The minimum absolute atomic E-state index is 0.346. The number of hydrogen-bond donors (Lipinski definition) is 1. The van der Waals surface area contributed by atoms with Gasteiger partial charge in [-0.1, -0.05) is 16.8 Å². The van der Waals surface area contributed by atoms with Gasteiger partial charge in [-0.3, -0.25) is 0 Å². The van der Waals surface area contributed by atoms with Gasteiger partial charge in [0, 0.05) is 11.1 Å². The zero-order valence-electron chi connectivity index (χ0n) is 9.23. The van der Waals surface area contributed by atoms with Crippen molar-refractivity contribution in [1.82, 2.24) is 5.16 Å². The van der Waals surface area contributed by atoms with Crippen molar-refractivity contribution in [3.8, 4) is 5.75 Å². The predicted octanol–water partition coefficient (Wildman–Crippen LogP) is 2.41. The van der Waals surface area contributed by atoms with E-state index in [1.807, 2.05) is 12.1 Å². The maximum absolute atomic E-state index is 5.93. The van der Waals surface area contributed by atoms with E-state index in [-0.39, 0.29) is 0 Å². The Morgan fingerprint density at radius 1 is 1.35 bits per heavy atom. The zero-order chi connectivity index (χ0) is 12.1. The molecule has 0 saturated heterocycles. The van der Waals surface area contributed by atoms with E-state index in [1.165, 1.54) is 0 Å². The molecule has 0 fully saturated rings. The van der Waals surface area contributed by atoms with Crippen LogP contribution in [0.25, 0.3) is 0 Å². The summed E-state index contributed by atoms with van der Waals surface area (Å²) in [5.41, 5.74) is 6.54. The minimum atomic E-state index is 0.346. The van der Waals surface area contributed by atoms with Crippen LogP contribution in [0, 0.1) is 0 Å². The highest BCUT2D eigenvalue weighted by molar-refractivity contribution is 6.30. The van der Waals surface area contributed by atoms with Gasteiger partial charge in [0.25, 0.3) is 0 Å². The molecule has 2 N–H and O–H groups in total. The smallest absolute Gasteiger partial charge is 0.174 e. The molecule has 0 unspecified atom stereocenters. The fourth-order valence-electron chi connectivity index (χ4n) is 1.51. The van der Waals surface area contributed by atoms with Gasteiger partial charge in [0.2, 0.25) is 0 Å². The van der Waals surface area contributed by atoms with Crippen molar-refractivity contribution in [2.45, 2.75) is 13.0 Å². The molecular weight excluding hydrogens is 240 g/mol. The molecule has 0 amide bonds. The van der Waals surface area contributed by atoms with Crippen LogP contribution in [-0.4, -0.2) is 11.7 Å². The molecule has 0 bridgehead atoms. The van der Waals surface area contributed by atoms with Crippen molar-refractivity contribution in [2.75, 3.05) is 6.54 Å². The Balaban J connectivity index is 2.08. The molecule has 0 spiro atoms. The van der Waals surface area contributed by atoms with Gasteiger partial charge in [-0.2, -0.15) is 0 Å². The average Bonchev–Trinajstić information content (AvgIpc) is 2.81. The summed E-state index contributed by atoms with van der Waals surface area (Å²) in [6.45, 7) is 0.901. The molecule has 5 heteroatoms. The number of nitrogens with two attached hydrogens (primary N) is 1. The number of halogens is 1. The highest BCUT2D eigenvalue weighted by atomic mass is 35.5. The van der Waals surface area contributed by atoms with Crippen molar-refractivity contribution in [2.24, 2.45) is 5.73 Å². The van der Waals surface area contributed by atoms with Crippen LogP contribution in [0.1, 0.15) is 11.3 Å². The van der Waals surface area contributed by atoms with E-state index in [4.69, 9.17) is 26.6 Å². The highest BCUT2D eigenvalue weighted by Crippen LogP contribution is 2.24. The van der Waals surface area contributed by atoms with Gasteiger partial charge in [0.05, 0.1) is 6.20 Å². The fourth-order valence-corrected chi connectivity index (χ4v) is 1.70. The summed E-state index contributed by atoms with van der Waals surface area (Å²) in [7, 11) is 0. The van der Waals surface area contributed by atoms with Crippen LogP contribution in [0.4, 0.5) is 0 Å². The number of rotatable bonds is 5. The number of hydrogen-bond acceptors (Lipinski definition) is 4. The molecule has 0 aliphatic carbocycles. The molecule has 0 atom stereocenters. The van der Waals surface area contributed by atoms with E-state index in [0.29, 0.717) is 23.9 Å². The first-order chi connectivity index (χ1) is 8.29. The normalized spacial score (nSPS) is 10.5. The van der Waals surface area contributed by atoms with Crippen molar-refractivity contribution in [3.63, 3.8) is 0 Å². The molecule has 1 aromatic carbocycles. The molecule has 4 nitrogen and oxygen atoms in total. The van der Waals surface area contributed by atoms with Gasteiger partial charge in [0.15, 0.2) is 5.76 Å². The number of nitrogens with zero attached hydrogens (tertiary/aromatic N) is 1. The fraction of sp³-hybridized carbons (Fsp3) is 0.250. The zero-order valence-corrected chi connectivity index (χ0v) is 9.98. The van der Waals surface area contributed by atoms with Gasteiger partial charge in [-0.15, -0.1) is 0 Å². The summed E-state index contributed by atoms with van der Waals surface area (Å²) >= 11 is 5.93. The molecule has 2 aromatic rings. The lowest BCUT2D eigenvalue weighted by Crippen LogP contribution is -2.05. The third-order valence-corrected chi connectivity index (χ3v) is 2.53. The van der Waals surface area contributed by atoms with Crippen LogP contribution in [0.5, 0.6) is 5.75 Å². The Morgan fingerprint density at radius 3 is 2.94 bits per heavy atom. The van der Waals surface area contributed by atoms with Crippen LogP contribution in [0.3, 0.4) is 0 Å². The Labute approximate surface area is 104 Å². The SMILES string of the molecule is NCCc1cc(Cl)ccc1OCc1ccno1. The van der Waals surface area contributed by atoms with Crippen LogP contribution >= 0.6 is 11.6 Å². The van der Waals surface area contributed by atoms with Crippen LogP contribution in [0.2, 0.25) is 5.02 Å². The van der Waals surface area contributed by atoms with Crippen molar-refractivity contribution >= 4 is 11.6 Å². The second-order valence-electron chi connectivity index (χ2n) is 3.56. The molecule has 0 aliphatic rings. The molecule has 0 aliphatic heterocycles. The third-order valence-electron chi connectivity index (χ3n) is 2.30. The van der Waals surface area contributed by atoms with Gasteiger partial charge < -0.3 is 15.0 Å². The van der Waals surface area contributed by atoms with Crippen molar-refractivity contribution in [1.29, 1.82) is 0 Å². The van der Waals surface area contributed by atoms with E-state index in [9.17, 15) is 0 Å². The molecular formula is C12H13ClN2O2. The third kappa shape index (κ3) is 3.22. The van der Waals surface area contributed by atoms with Crippen molar-refractivity contribution < 1.29 is 9.26 Å². The van der Waals surface area contributed by atoms with Gasteiger partial charge in [0.1, 0.15) is 12.4 Å². The molecule has 1 heterocycles. The van der Waals surface area contributed by atoms with E-state index in [2.05, 4.69) is 5.16 Å². The monoisotopic (exact) mass is 252 g/mol. The lowest BCUT2D eigenvalue weighted by atomic mass is 10.1. The Morgan fingerprint density at radius 2 is 2.24 bits per heavy atom. The highest BCUT2D eigenvalue weighted by Gasteiger charge is 2.05.